The van der Waals surface area contributed by atoms with Crippen molar-refractivity contribution in [2.75, 3.05) is 19.6 Å². The molecule has 2 N–H and O–H groups in total. The van der Waals surface area contributed by atoms with E-state index in [-0.39, 0.29) is 6.03 Å². The van der Waals surface area contributed by atoms with Gasteiger partial charge in [-0.15, -0.1) is 0 Å². The Kier molecular flexibility index (Phi) is 5.75. The van der Waals surface area contributed by atoms with Crippen LogP contribution in [0.1, 0.15) is 30.7 Å². The summed E-state index contributed by atoms with van der Waals surface area (Å²) in [7, 11) is 0. The Hall–Kier alpha value is -2.11. The molecule has 0 saturated carbocycles. The molecule has 1 atom stereocenters. The number of carboxylic acid groups (broad SMARTS) is 1. The van der Waals surface area contributed by atoms with Gasteiger partial charge in [0.1, 0.15) is 0 Å². The lowest BCUT2D eigenvalue weighted by atomic mass is 9.99. The predicted molar refractivity (Wildman–Crippen MR) is 82.6 cm³/mol. The van der Waals surface area contributed by atoms with Gasteiger partial charge < -0.3 is 15.3 Å². The molecule has 120 valence electrons. The first kappa shape index (κ1) is 16.3. The number of pyridine rings is 1. The van der Waals surface area contributed by atoms with Crippen LogP contribution in [0.3, 0.4) is 0 Å². The molecule has 0 aliphatic carbocycles. The highest BCUT2D eigenvalue weighted by atomic mass is 16.4. The molecular formula is C16H23N3O3. The zero-order chi connectivity index (χ0) is 15.9. The smallest absolute Gasteiger partial charge is 0.317 e. The first-order valence-corrected chi connectivity index (χ1v) is 7.74. The molecule has 1 fully saturated rings. The number of carbonyl (C=O) groups is 2. The summed E-state index contributed by atoms with van der Waals surface area (Å²) in [6, 6.07) is 5.76. The lowest BCUT2D eigenvalue weighted by molar-refractivity contribution is -0.143. The van der Waals surface area contributed by atoms with Crippen LogP contribution in [0.25, 0.3) is 0 Å². The Balaban J connectivity index is 1.70. The van der Waals surface area contributed by atoms with Crippen molar-refractivity contribution in [3.05, 3.63) is 29.6 Å². The summed E-state index contributed by atoms with van der Waals surface area (Å²) in [5, 5.41) is 11.9. The number of piperidine rings is 1. The number of likely N-dealkylation sites (tertiary alicyclic amines) is 1. The number of urea groups is 1. The number of rotatable bonds is 5. The molecule has 6 nitrogen and oxygen atoms in total. The number of carbonyl (C=O) groups excluding carboxylic acids is 1. The van der Waals surface area contributed by atoms with Crippen molar-refractivity contribution < 1.29 is 14.7 Å². The number of hydrogen-bond acceptors (Lipinski definition) is 3. The maximum atomic E-state index is 12.0. The third kappa shape index (κ3) is 4.72. The van der Waals surface area contributed by atoms with Gasteiger partial charge in [0.15, 0.2) is 0 Å². The molecule has 0 spiro atoms. The molecule has 1 aromatic heterocycles. The van der Waals surface area contributed by atoms with Crippen LogP contribution in [0.5, 0.6) is 0 Å². The number of nitrogens with one attached hydrogen (secondary N) is 1. The van der Waals surface area contributed by atoms with E-state index < -0.39 is 11.9 Å². The van der Waals surface area contributed by atoms with Crippen molar-refractivity contribution in [2.24, 2.45) is 5.92 Å². The van der Waals surface area contributed by atoms with E-state index in [9.17, 15) is 9.59 Å². The van der Waals surface area contributed by atoms with Crippen LogP contribution in [0, 0.1) is 12.8 Å². The molecule has 1 aromatic rings. The highest BCUT2D eigenvalue weighted by molar-refractivity contribution is 5.76. The quantitative estimate of drug-likeness (QED) is 0.813. The first-order valence-electron chi connectivity index (χ1n) is 7.74. The van der Waals surface area contributed by atoms with E-state index >= 15 is 0 Å². The fraction of sp³-hybridized carbons (Fsp3) is 0.562. The molecule has 2 heterocycles. The van der Waals surface area contributed by atoms with Gasteiger partial charge in [-0.25, -0.2) is 4.79 Å². The van der Waals surface area contributed by atoms with Gasteiger partial charge >= 0.3 is 12.0 Å². The summed E-state index contributed by atoms with van der Waals surface area (Å²) >= 11 is 0. The van der Waals surface area contributed by atoms with E-state index in [0.717, 1.165) is 30.7 Å². The molecule has 1 saturated heterocycles. The molecule has 2 amide bonds. The maximum Gasteiger partial charge on any atom is 0.317 e. The van der Waals surface area contributed by atoms with Gasteiger partial charge in [0, 0.05) is 31.0 Å². The van der Waals surface area contributed by atoms with Gasteiger partial charge in [-0.05, 0) is 44.7 Å². The van der Waals surface area contributed by atoms with Crippen LogP contribution in [0.4, 0.5) is 4.79 Å². The number of aryl methyl sites for hydroxylation is 2. The Morgan fingerprint density at radius 1 is 1.45 bits per heavy atom. The van der Waals surface area contributed by atoms with Gasteiger partial charge in [0.05, 0.1) is 5.92 Å². The van der Waals surface area contributed by atoms with Crippen molar-refractivity contribution in [3.63, 3.8) is 0 Å². The van der Waals surface area contributed by atoms with Crippen LogP contribution >= 0.6 is 0 Å². The standard InChI is InChI=1S/C16H23N3O3/c1-12-5-2-7-14(18-12)8-3-9-17-16(22)19-10-4-6-13(11-19)15(20)21/h2,5,7,13H,3-4,6,8-11H2,1H3,(H,17,22)(H,20,21). The van der Waals surface area contributed by atoms with E-state index in [0.29, 0.717) is 26.1 Å². The number of carboxylic acids is 1. The summed E-state index contributed by atoms with van der Waals surface area (Å²) in [6.07, 6.45) is 3.04. The average molecular weight is 305 g/mol. The molecule has 0 bridgehead atoms. The molecule has 1 aliphatic rings. The van der Waals surface area contributed by atoms with Crippen molar-refractivity contribution in [1.29, 1.82) is 0 Å². The minimum absolute atomic E-state index is 0.164. The largest absolute Gasteiger partial charge is 0.481 e. The van der Waals surface area contributed by atoms with E-state index in [1.165, 1.54) is 0 Å². The second-order valence-corrected chi connectivity index (χ2v) is 5.73. The zero-order valence-electron chi connectivity index (χ0n) is 12.9. The van der Waals surface area contributed by atoms with Crippen molar-refractivity contribution in [3.8, 4) is 0 Å². The van der Waals surface area contributed by atoms with E-state index in [1.807, 2.05) is 25.1 Å². The normalized spacial score (nSPS) is 18.0. The van der Waals surface area contributed by atoms with Crippen LogP contribution in [-0.2, 0) is 11.2 Å². The molecule has 2 rings (SSSR count). The van der Waals surface area contributed by atoms with Gasteiger partial charge in [-0.1, -0.05) is 6.07 Å². The average Bonchev–Trinajstić information content (AvgIpc) is 2.51. The van der Waals surface area contributed by atoms with Crippen LogP contribution < -0.4 is 5.32 Å². The summed E-state index contributed by atoms with van der Waals surface area (Å²) < 4.78 is 0. The summed E-state index contributed by atoms with van der Waals surface area (Å²) in [6.45, 7) is 3.47. The minimum Gasteiger partial charge on any atom is -0.481 e. The van der Waals surface area contributed by atoms with Crippen molar-refractivity contribution in [1.82, 2.24) is 15.2 Å². The summed E-state index contributed by atoms with van der Waals surface area (Å²) in [5.74, 6) is -1.25. The Morgan fingerprint density at radius 3 is 3.00 bits per heavy atom. The molecule has 0 radical (unpaired) electrons. The highest BCUT2D eigenvalue weighted by Crippen LogP contribution is 2.16. The number of aliphatic carboxylic acids is 1. The summed E-state index contributed by atoms with van der Waals surface area (Å²) in [4.78, 5) is 29.1. The van der Waals surface area contributed by atoms with Crippen LogP contribution in [0.15, 0.2) is 18.2 Å². The maximum absolute atomic E-state index is 12.0. The fourth-order valence-electron chi connectivity index (χ4n) is 2.68. The first-order chi connectivity index (χ1) is 10.6. The van der Waals surface area contributed by atoms with Gasteiger partial charge in [0.2, 0.25) is 0 Å². The van der Waals surface area contributed by atoms with E-state index in [2.05, 4.69) is 10.3 Å². The van der Waals surface area contributed by atoms with Crippen LogP contribution in [0.2, 0.25) is 0 Å². The fourth-order valence-corrected chi connectivity index (χ4v) is 2.68. The summed E-state index contributed by atoms with van der Waals surface area (Å²) in [5.41, 5.74) is 2.02. The van der Waals surface area contributed by atoms with Gasteiger partial charge in [0.25, 0.3) is 0 Å². The minimum atomic E-state index is -0.817. The van der Waals surface area contributed by atoms with Crippen LogP contribution in [-0.4, -0.2) is 46.6 Å². The second kappa shape index (κ2) is 7.77. The van der Waals surface area contributed by atoms with Gasteiger partial charge in [-0.2, -0.15) is 0 Å². The molecule has 1 aliphatic heterocycles. The molecule has 6 heteroatoms. The lowest BCUT2D eigenvalue weighted by Crippen LogP contribution is -2.47. The SMILES string of the molecule is Cc1cccc(CCCNC(=O)N2CCCC(C(=O)O)C2)n1. The zero-order valence-corrected chi connectivity index (χ0v) is 12.9. The van der Waals surface area contributed by atoms with Crippen molar-refractivity contribution in [2.45, 2.75) is 32.6 Å². The number of amides is 2. The van der Waals surface area contributed by atoms with E-state index in [1.54, 1.807) is 4.90 Å². The highest BCUT2D eigenvalue weighted by Gasteiger charge is 2.27. The predicted octanol–water partition coefficient (Wildman–Crippen LogP) is 1.83. The van der Waals surface area contributed by atoms with Gasteiger partial charge in [-0.3, -0.25) is 9.78 Å². The Labute approximate surface area is 130 Å². The lowest BCUT2D eigenvalue weighted by Gasteiger charge is -2.30. The Bertz CT molecular complexity index is 533. The number of aromatic nitrogens is 1. The monoisotopic (exact) mass is 305 g/mol. The topological polar surface area (TPSA) is 82.5 Å². The molecule has 1 unspecified atom stereocenters. The molecule has 22 heavy (non-hydrogen) atoms. The molecule has 0 aromatic carbocycles. The number of nitrogens with zero attached hydrogens (tertiary/aromatic N) is 2. The molecular weight excluding hydrogens is 282 g/mol. The second-order valence-electron chi connectivity index (χ2n) is 5.73. The Morgan fingerprint density at radius 2 is 2.27 bits per heavy atom. The van der Waals surface area contributed by atoms with Crippen molar-refractivity contribution >= 4 is 12.0 Å². The third-order valence-electron chi connectivity index (χ3n) is 3.89. The number of hydrogen-bond donors (Lipinski definition) is 2. The third-order valence-corrected chi connectivity index (χ3v) is 3.89. The van der Waals surface area contributed by atoms with E-state index in [4.69, 9.17) is 5.11 Å².